The molecule has 0 bridgehead atoms. The van der Waals surface area contributed by atoms with E-state index in [-0.39, 0.29) is 0 Å². The van der Waals surface area contributed by atoms with Crippen LogP contribution in [0.4, 0.5) is 0 Å². The molecule has 0 aliphatic carbocycles. The van der Waals surface area contributed by atoms with E-state index in [0.717, 1.165) is 30.2 Å². The van der Waals surface area contributed by atoms with E-state index in [1.165, 1.54) is 25.7 Å². The lowest BCUT2D eigenvalue weighted by molar-refractivity contribution is 0.354. The van der Waals surface area contributed by atoms with Gasteiger partial charge in [-0.2, -0.15) is 11.4 Å². The Labute approximate surface area is 78.5 Å². The van der Waals surface area contributed by atoms with E-state index in [2.05, 4.69) is 11.8 Å². The second kappa shape index (κ2) is 5.73. The van der Waals surface area contributed by atoms with Gasteiger partial charge in [-0.15, -0.1) is 0 Å². The molecule has 1 heterocycles. The minimum absolute atomic E-state index is 0.583. The van der Waals surface area contributed by atoms with Gasteiger partial charge in [-0.1, -0.05) is 19.8 Å². The van der Waals surface area contributed by atoms with Crippen LogP contribution >= 0.6 is 11.4 Å². The number of aliphatic hydroxyl groups excluding tert-OH is 1. The number of hydrogen-bond acceptors (Lipinski definition) is 0. The highest BCUT2D eigenvalue weighted by molar-refractivity contribution is 7.98. The molecular formula is C9H19NOS. The zero-order chi connectivity index (χ0) is 8.81. The highest BCUT2D eigenvalue weighted by Gasteiger charge is 2.10. The Balaban J connectivity index is 2.42. The minimum Gasteiger partial charge on any atom is -0.346 e. The molecule has 0 aromatic heterocycles. The van der Waals surface area contributed by atoms with Crippen LogP contribution in [0.3, 0.4) is 0 Å². The summed E-state index contributed by atoms with van der Waals surface area (Å²) in [4.78, 5) is 2.14. The van der Waals surface area contributed by atoms with Gasteiger partial charge in [-0.25, -0.2) is 0 Å². The predicted octanol–water partition coefficient (Wildman–Crippen LogP) is 1.99. The van der Waals surface area contributed by atoms with Gasteiger partial charge in [0.15, 0.2) is 0 Å². The number of rotatable bonds is 1. The molecule has 2 nitrogen and oxygen atoms in total. The molecule has 0 amide bonds. The summed E-state index contributed by atoms with van der Waals surface area (Å²) >= 11 is 1.08. The topological polar surface area (TPSA) is 23.5 Å². The first-order chi connectivity index (χ1) is 5.84. The number of thiol groups is 1. The van der Waals surface area contributed by atoms with Crippen LogP contribution in [0.1, 0.15) is 32.6 Å². The van der Waals surface area contributed by atoms with Crippen LogP contribution in [0.25, 0.3) is 0 Å². The molecule has 0 atom stereocenters. The van der Waals surface area contributed by atoms with Crippen LogP contribution in [0.2, 0.25) is 0 Å². The van der Waals surface area contributed by atoms with Gasteiger partial charge in [0, 0.05) is 13.1 Å². The third-order valence-corrected chi connectivity index (χ3v) is 3.07. The molecule has 1 rings (SSSR count). The third-order valence-electron chi connectivity index (χ3n) is 2.19. The molecular weight excluding hydrogens is 170 g/mol. The van der Waals surface area contributed by atoms with E-state index < -0.39 is 0 Å². The minimum atomic E-state index is 0.583. The Bertz CT molecular complexity index is 151. The van der Waals surface area contributed by atoms with Crippen molar-refractivity contribution in [3.8, 4) is 0 Å². The monoisotopic (exact) mass is 189 g/mol. The normalized spacial score (nSPS) is 23.0. The van der Waals surface area contributed by atoms with Gasteiger partial charge in [-0.3, -0.25) is 4.90 Å². The maximum absolute atomic E-state index is 9.63. The molecule has 1 fully saturated rings. The Kier molecular flexibility index (Phi) is 4.88. The van der Waals surface area contributed by atoms with Gasteiger partial charge in [0.05, 0.1) is 0 Å². The van der Waals surface area contributed by atoms with Crippen molar-refractivity contribution in [2.45, 2.75) is 32.6 Å². The zero-order valence-electron chi connectivity index (χ0n) is 7.79. The molecule has 1 aliphatic rings. The fourth-order valence-electron chi connectivity index (χ4n) is 1.51. The highest BCUT2D eigenvalue weighted by Crippen LogP contribution is 2.10. The van der Waals surface area contributed by atoms with Crippen LogP contribution in [-0.2, 0) is 0 Å². The van der Waals surface area contributed by atoms with E-state index in [4.69, 9.17) is 0 Å². The van der Waals surface area contributed by atoms with Crippen LogP contribution in [0.5, 0.6) is 0 Å². The summed E-state index contributed by atoms with van der Waals surface area (Å²) in [5.41, 5.74) is 0. The lowest BCUT2D eigenvalue weighted by Crippen LogP contribution is -2.30. The van der Waals surface area contributed by atoms with Crippen molar-refractivity contribution in [2.75, 3.05) is 18.8 Å². The SMILES string of the molecule is CC[SH]=C(O)N1CCCCCC1. The fraction of sp³-hybridized carbons (Fsp3) is 0.889. The maximum atomic E-state index is 9.63. The average molecular weight is 189 g/mol. The van der Waals surface area contributed by atoms with Crippen LogP contribution in [-0.4, -0.2) is 34.0 Å². The van der Waals surface area contributed by atoms with Gasteiger partial charge in [0.25, 0.3) is 0 Å². The van der Waals surface area contributed by atoms with Crippen LogP contribution in [0, 0.1) is 0 Å². The van der Waals surface area contributed by atoms with Crippen LogP contribution < -0.4 is 0 Å². The molecule has 72 valence electrons. The van der Waals surface area contributed by atoms with Gasteiger partial charge < -0.3 is 5.11 Å². The van der Waals surface area contributed by atoms with Crippen molar-refractivity contribution in [1.82, 2.24) is 4.90 Å². The van der Waals surface area contributed by atoms with Crippen molar-refractivity contribution >= 4 is 16.5 Å². The van der Waals surface area contributed by atoms with Crippen LogP contribution in [0.15, 0.2) is 0 Å². The molecule has 0 unspecified atom stereocenters. The fourth-order valence-corrected chi connectivity index (χ4v) is 2.19. The van der Waals surface area contributed by atoms with E-state index in [1.54, 1.807) is 0 Å². The molecule has 1 aliphatic heterocycles. The number of aliphatic hydroxyl groups is 1. The maximum Gasteiger partial charge on any atom is 0.142 e. The average Bonchev–Trinajstić information content (AvgIpc) is 2.32. The first kappa shape index (κ1) is 10.2. The molecule has 1 N–H and O–H groups in total. The summed E-state index contributed by atoms with van der Waals surface area (Å²) in [6, 6.07) is 0. The Morgan fingerprint density at radius 3 is 2.33 bits per heavy atom. The molecule has 0 saturated carbocycles. The summed E-state index contributed by atoms with van der Waals surface area (Å²) in [6.07, 6.45) is 5.13. The van der Waals surface area contributed by atoms with Gasteiger partial charge in [-0.05, 0) is 18.6 Å². The lowest BCUT2D eigenvalue weighted by Gasteiger charge is -2.18. The van der Waals surface area contributed by atoms with E-state index >= 15 is 0 Å². The lowest BCUT2D eigenvalue weighted by atomic mass is 10.2. The van der Waals surface area contributed by atoms with E-state index in [1.807, 2.05) is 0 Å². The molecule has 12 heavy (non-hydrogen) atoms. The van der Waals surface area contributed by atoms with E-state index in [9.17, 15) is 5.11 Å². The van der Waals surface area contributed by atoms with Gasteiger partial charge in [0.1, 0.15) is 5.17 Å². The largest absolute Gasteiger partial charge is 0.346 e. The van der Waals surface area contributed by atoms with Gasteiger partial charge >= 0.3 is 0 Å². The van der Waals surface area contributed by atoms with Gasteiger partial charge in [0.2, 0.25) is 0 Å². The second-order valence-electron chi connectivity index (χ2n) is 3.18. The first-order valence-electron chi connectivity index (χ1n) is 4.83. The summed E-state index contributed by atoms with van der Waals surface area (Å²) in [5.74, 6) is 1.02. The highest BCUT2D eigenvalue weighted by atomic mass is 32.1. The number of hydrogen-bond donors (Lipinski definition) is 2. The number of nitrogens with zero attached hydrogens (tertiary/aromatic N) is 1. The third kappa shape index (κ3) is 3.25. The summed E-state index contributed by atoms with van der Waals surface area (Å²) < 4.78 is 0. The number of likely N-dealkylation sites (tertiary alicyclic amines) is 1. The Morgan fingerprint density at radius 1 is 1.25 bits per heavy atom. The zero-order valence-corrected chi connectivity index (χ0v) is 8.69. The quantitative estimate of drug-likeness (QED) is 0.487. The molecule has 0 aromatic rings. The summed E-state index contributed by atoms with van der Waals surface area (Å²) in [5, 5.41) is 10.2. The summed E-state index contributed by atoms with van der Waals surface area (Å²) in [6.45, 7) is 4.20. The van der Waals surface area contributed by atoms with Crippen molar-refractivity contribution < 1.29 is 5.11 Å². The smallest absolute Gasteiger partial charge is 0.142 e. The standard InChI is InChI=1S/C9H19NOS/c1-2-12-9(11)10-7-5-3-4-6-8-10/h11-12H,2-8H2,1H3. The molecule has 0 aromatic carbocycles. The molecule has 0 spiro atoms. The predicted molar refractivity (Wildman–Crippen MR) is 57.2 cm³/mol. The van der Waals surface area contributed by atoms with Crippen molar-refractivity contribution in [1.29, 1.82) is 0 Å². The van der Waals surface area contributed by atoms with Crippen molar-refractivity contribution in [3.05, 3.63) is 0 Å². The second-order valence-corrected chi connectivity index (χ2v) is 4.52. The Hall–Kier alpha value is 0.140. The molecule has 3 heteroatoms. The first-order valence-corrected chi connectivity index (χ1v) is 5.91. The van der Waals surface area contributed by atoms with Crippen molar-refractivity contribution in [3.63, 3.8) is 0 Å². The van der Waals surface area contributed by atoms with Crippen molar-refractivity contribution in [2.24, 2.45) is 0 Å². The molecule has 1 saturated heterocycles. The van der Waals surface area contributed by atoms with E-state index in [0.29, 0.717) is 5.17 Å². The molecule has 0 radical (unpaired) electrons. The Morgan fingerprint density at radius 2 is 1.83 bits per heavy atom. The summed E-state index contributed by atoms with van der Waals surface area (Å²) in [7, 11) is 0.